The Morgan fingerprint density at radius 3 is 2.82 bits per heavy atom. The summed E-state index contributed by atoms with van der Waals surface area (Å²) in [6.45, 7) is 1.89. The van der Waals surface area contributed by atoms with Gasteiger partial charge >= 0.3 is 0 Å². The molecule has 3 rings (SSSR count). The van der Waals surface area contributed by atoms with Gasteiger partial charge in [0.2, 0.25) is 5.91 Å². The fraction of sp³-hybridized carbons (Fsp3) is 0.176. The number of nitrogens with one attached hydrogen (secondary N) is 1. The van der Waals surface area contributed by atoms with Crippen molar-refractivity contribution in [1.82, 2.24) is 9.55 Å². The number of para-hydroxylation sites is 1. The Morgan fingerprint density at radius 1 is 1.27 bits per heavy atom. The van der Waals surface area contributed by atoms with Crippen LogP contribution >= 0.6 is 15.9 Å². The summed E-state index contributed by atoms with van der Waals surface area (Å²) >= 11 is 3.40. The Labute approximate surface area is 137 Å². The molecule has 0 bridgehead atoms. The Balaban J connectivity index is 1.80. The zero-order valence-corrected chi connectivity index (χ0v) is 14.0. The number of carbonyl (C=O) groups excluding carboxylic acids is 1. The van der Waals surface area contributed by atoms with Crippen molar-refractivity contribution in [3.63, 3.8) is 0 Å². The largest absolute Gasteiger partial charge is 0.350 e. The highest BCUT2D eigenvalue weighted by Gasteiger charge is 2.11. The van der Waals surface area contributed by atoms with Gasteiger partial charge in [0.1, 0.15) is 5.82 Å². The van der Waals surface area contributed by atoms with E-state index >= 15 is 0 Å². The van der Waals surface area contributed by atoms with E-state index < -0.39 is 0 Å². The quantitative estimate of drug-likeness (QED) is 0.774. The van der Waals surface area contributed by atoms with Crippen molar-refractivity contribution in [3.05, 3.63) is 58.3 Å². The number of benzene rings is 1. The molecule has 1 amide bonds. The summed E-state index contributed by atoms with van der Waals surface area (Å²) in [6, 6.07) is 11.8. The van der Waals surface area contributed by atoms with Gasteiger partial charge in [-0.05, 0) is 46.6 Å². The Hall–Kier alpha value is -2.14. The minimum atomic E-state index is -0.0643. The summed E-state index contributed by atoms with van der Waals surface area (Å²) in [7, 11) is 1.99. The predicted molar refractivity (Wildman–Crippen MR) is 91.9 cm³/mol. The number of aromatic nitrogens is 2. The van der Waals surface area contributed by atoms with Crippen LogP contribution in [0.2, 0.25) is 0 Å². The van der Waals surface area contributed by atoms with Gasteiger partial charge in [-0.1, -0.05) is 18.2 Å². The number of anilines is 1. The molecule has 0 atom stereocenters. The molecule has 0 spiro atoms. The monoisotopic (exact) mass is 357 g/mol. The van der Waals surface area contributed by atoms with Crippen LogP contribution in [0.1, 0.15) is 11.3 Å². The third kappa shape index (κ3) is 2.90. The molecule has 1 aromatic carbocycles. The summed E-state index contributed by atoms with van der Waals surface area (Å²) in [5.41, 5.74) is 3.00. The molecule has 5 heteroatoms. The van der Waals surface area contributed by atoms with Crippen LogP contribution in [0.5, 0.6) is 0 Å². The molecule has 4 nitrogen and oxygen atoms in total. The third-order valence-corrected chi connectivity index (χ3v) is 4.46. The summed E-state index contributed by atoms with van der Waals surface area (Å²) in [5, 5.41) is 3.96. The molecule has 0 fully saturated rings. The van der Waals surface area contributed by atoms with Crippen molar-refractivity contribution in [2.45, 2.75) is 13.3 Å². The first-order chi connectivity index (χ1) is 10.5. The number of aryl methyl sites for hydroxylation is 2. The maximum atomic E-state index is 12.3. The number of amides is 1. The Bertz CT molecular complexity index is 854. The van der Waals surface area contributed by atoms with Crippen LogP contribution in [0.15, 0.2) is 47.1 Å². The molecule has 2 heterocycles. The van der Waals surface area contributed by atoms with Gasteiger partial charge in [0.05, 0.1) is 12.1 Å². The molecule has 0 saturated carbocycles. The molecule has 2 aromatic heterocycles. The number of halogens is 1. The zero-order chi connectivity index (χ0) is 15.7. The second-order valence-electron chi connectivity index (χ2n) is 5.27. The van der Waals surface area contributed by atoms with Gasteiger partial charge in [-0.3, -0.25) is 4.79 Å². The maximum Gasteiger partial charge on any atom is 0.230 e. The second kappa shape index (κ2) is 5.93. The second-order valence-corrected chi connectivity index (χ2v) is 6.13. The highest BCUT2D eigenvalue weighted by molar-refractivity contribution is 9.10. The average Bonchev–Trinajstić information content (AvgIpc) is 2.80. The number of pyridine rings is 1. The van der Waals surface area contributed by atoms with Crippen LogP contribution in [-0.4, -0.2) is 15.5 Å². The molecule has 0 aliphatic rings. The van der Waals surface area contributed by atoms with Crippen molar-refractivity contribution >= 4 is 38.6 Å². The standard InChI is InChI=1S/C17H16BrN3O/c1-11-14(18)7-8-16(19-11)20-17(22)9-12-10-21(2)15-6-4-3-5-13(12)15/h3-8,10H,9H2,1-2H3,(H,19,20,22). The van der Waals surface area contributed by atoms with Crippen LogP contribution in [0.25, 0.3) is 10.9 Å². The first-order valence-electron chi connectivity index (χ1n) is 7.00. The summed E-state index contributed by atoms with van der Waals surface area (Å²) in [6.07, 6.45) is 2.34. The van der Waals surface area contributed by atoms with E-state index in [4.69, 9.17) is 0 Å². The van der Waals surface area contributed by atoms with Crippen LogP contribution in [-0.2, 0) is 18.3 Å². The lowest BCUT2D eigenvalue weighted by Gasteiger charge is -2.06. The average molecular weight is 358 g/mol. The molecule has 0 unspecified atom stereocenters. The van der Waals surface area contributed by atoms with Crippen LogP contribution in [0.3, 0.4) is 0 Å². The van der Waals surface area contributed by atoms with E-state index in [1.54, 1.807) is 6.07 Å². The molecule has 0 radical (unpaired) electrons. The zero-order valence-electron chi connectivity index (χ0n) is 12.4. The topological polar surface area (TPSA) is 46.9 Å². The van der Waals surface area contributed by atoms with Crippen LogP contribution in [0.4, 0.5) is 5.82 Å². The van der Waals surface area contributed by atoms with Gasteiger partial charge in [-0.2, -0.15) is 0 Å². The van der Waals surface area contributed by atoms with Gasteiger partial charge in [0, 0.05) is 28.6 Å². The van der Waals surface area contributed by atoms with E-state index in [-0.39, 0.29) is 5.91 Å². The Kier molecular flexibility index (Phi) is 3.98. The fourth-order valence-electron chi connectivity index (χ4n) is 2.54. The van der Waals surface area contributed by atoms with Crippen molar-refractivity contribution in [2.75, 3.05) is 5.32 Å². The van der Waals surface area contributed by atoms with E-state index in [0.717, 1.165) is 26.6 Å². The lowest BCUT2D eigenvalue weighted by atomic mass is 10.1. The maximum absolute atomic E-state index is 12.3. The molecular weight excluding hydrogens is 342 g/mol. The lowest BCUT2D eigenvalue weighted by Crippen LogP contribution is -2.15. The number of hydrogen-bond donors (Lipinski definition) is 1. The van der Waals surface area contributed by atoms with E-state index in [1.165, 1.54) is 0 Å². The number of carbonyl (C=O) groups is 1. The Morgan fingerprint density at radius 2 is 2.05 bits per heavy atom. The van der Waals surface area contributed by atoms with Gasteiger partial charge in [-0.25, -0.2) is 4.98 Å². The molecule has 22 heavy (non-hydrogen) atoms. The number of hydrogen-bond acceptors (Lipinski definition) is 2. The van der Waals surface area contributed by atoms with Gasteiger partial charge in [0.15, 0.2) is 0 Å². The van der Waals surface area contributed by atoms with E-state index in [2.05, 4.69) is 32.3 Å². The van der Waals surface area contributed by atoms with Crippen LogP contribution in [0, 0.1) is 6.92 Å². The number of rotatable bonds is 3. The molecule has 112 valence electrons. The van der Waals surface area contributed by atoms with E-state index in [0.29, 0.717) is 12.2 Å². The summed E-state index contributed by atoms with van der Waals surface area (Å²) in [4.78, 5) is 16.6. The first kappa shape index (κ1) is 14.8. The molecule has 0 aliphatic heterocycles. The molecule has 3 aromatic rings. The predicted octanol–water partition coefficient (Wildman–Crippen LogP) is 3.83. The normalized spacial score (nSPS) is 10.9. The lowest BCUT2D eigenvalue weighted by molar-refractivity contribution is -0.115. The SMILES string of the molecule is Cc1nc(NC(=O)Cc2cn(C)c3ccccc23)ccc1Br. The highest BCUT2D eigenvalue weighted by Crippen LogP contribution is 2.21. The van der Waals surface area contributed by atoms with E-state index in [1.807, 2.05) is 49.0 Å². The minimum Gasteiger partial charge on any atom is -0.350 e. The van der Waals surface area contributed by atoms with Crippen LogP contribution < -0.4 is 5.32 Å². The van der Waals surface area contributed by atoms with Gasteiger partial charge in [-0.15, -0.1) is 0 Å². The first-order valence-corrected chi connectivity index (χ1v) is 7.80. The third-order valence-electron chi connectivity index (χ3n) is 3.62. The number of fused-ring (bicyclic) bond motifs is 1. The molecular formula is C17H16BrN3O. The molecule has 0 saturated heterocycles. The number of nitrogens with zero attached hydrogens (tertiary/aromatic N) is 2. The fourth-order valence-corrected chi connectivity index (χ4v) is 2.76. The smallest absolute Gasteiger partial charge is 0.230 e. The minimum absolute atomic E-state index is 0.0643. The van der Waals surface area contributed by atoms with Gasteiger partial charge in [0.25, 0.3) is 0 Å². The van der Waals surface area contributed by atoms with Crippen molar-refractivity contribution < 1.29 is 4.79 Å². The van der Waals surface area contributed by atoms with Crippen molar-refractivity contribution in [1.29, 1.82) is 0 Å². The van der Waals surface area contributed by atoms with Crippen molar-refractivity contribution in [2.24, 2.45) is 7.05 Å². The summed E-state index contributed by atoms with van der Waals surface area (Å²) < 4.78 is 2.97. The van der Waals surface area contributed by atoms with Crippen molar-refractivity contribution in [3.8, 4) is 0 Å². The van der Waals surface area contributed by atoms with Gasteiger partial charge < -0.3 is 9.88 Å². The summed E-state index contributed by atoms with van der Waals surface area (Å²) in [5.74, 6) is 0.511. The molecule has 0 aliphatic carbocycles. The van der Waals surface area contributed by atoms with E-state index in [9.17, 15) is 4.79 Å². The molecule has 1 N–H and O–H groups in total. The highest BCUT2D eigenvalue weighted by atomic mass is 79.9.